The molecule has 4 rings (SSSR count). The van der Waals surface area contributed by atoms with Gasteiger partial charge in [-0.1, -0.05) is 19.3 Å². The molecule has 2 aliphatic rings. The number of carbonyl (C=O) groups is 1. The van der Waals surface area contributed by atoms with Crippen LogP contribution in [0.4, 0.5) is 5.82 Å². The number of aryl methyl sites for hydroxylation is 2. The molecule has 27 heavy (non-hydrogen) atoms. The maximum absolute atomic E-state index is 13.0. The standard InChI is InChI=1S/C20H29N5O2/c1-24-12-16(19(23-24)14-7-4-3-5-8-14)20(26)21-18-11-17(22-25(18)2)15-9-6-10-27-13-15/h11-12,14-15H,3-10,13H2,1-2H3,(H,21,26). The van der Waals surface area contributed by atoms with Crippen LogP contribution in [0.25, 0.3) is 0 Å². The van der Waals surface area contributed by atoms with Crippen molar-refractivity contribution >= 4 is 11.7 Å². The number of nitrogens with zero attached hydrogens (tertiary/aromatic N) is 4. The molecule has 1 saturated carbocycles. The first-order valence-corrected chi connectivity index (χ1v) is 10.1. The van der Waals surface area contributed by atoms with Crippen LogP contribution in [0.5, 0.6) is 0 Å². The SMILES string of the molecule is Cn1cc(C(=O)Nc2cc(C3CCCOC3)nn2C)c(C2CCCCC2)n1. The van der Waals surface area contributed by atoms with Crippen LogP contribution in [0.15, 0.2) is 12.3 Å². The fourth-order valence-corrected chi connectivity index (χ4v) is 4.32. The molecule has 1 atom stereocenters. The van der Waals surface area contributed by atoms with Gasteiger partial charge < -0.3 is 10.1 Å². The number of anilines is 1. The zero-order valence-electron chi connectivity index (χ0n) is 16.3. The normalized spacial score (nSPS) is 21.3. The summed E-state index contributed by atoms with van der Waals surface area (Å²) in [7, 11) is 3.75. The van der Waals surface area contributed by atoms with Crippen molar-refractivity contribution in [1.29, 1.82) is 0 Å². The summed E-state index contributed by atoms with van der Waals surface area (Å²) >= 11 is 0. The lowest BCUT2D eigenvalue weighted by atomic mass is 9.85. The smallest absolute Gasteiger partial charge is 0.260 e. The molecule has 2 fully saturated rings. The maximum atomic E-state index is 13.0. The van der Waals surface area contributed by atoms with Gasteiger partial charge in [0.25, 0.3) is 5.91 Å². The summed E-state index contributed by atoms with van der Waals surface area (Å²) < 4.78 is 9.08. The summed E-state index contributed by atoms with van der Waals surface area (Å²) in [5.74, 6) is 1.33. The van der Waals surface area contributed by atoms with E-state index in [1.807, 2.05) is 26.4 Å². The molecule has 0 aromatic carbocycles. The van der Waals surface area contributed by atoms with Gasteiger partial charge in [0, 0.05) is 44.8 Å². The Hall–Kier alpha value is -2.15. The van der Waals surface area contributed by atoms with Crippen LogP contribution in [0.1, 0.15) is 78.5 Å². The molecule has 3 heterocycles. The van der Waals surface area contributed by atoms with E-state index in [9.17, 15) is 4.79 Å². The molecule has 7 heteroatoms. The van der Waals surface area contributed by atoms with Crippen LogP contribution in [0.2, 0.25) is 0 Å². The first kappa shape index (κ1) is 18.2. The molecule has 1 unspecified atom stereocenters. The van der Waals surface area contributed by atoms with E-state index in [-0.39, 0.29) is 5.91 Å². The Morgan fingerprint density at radius 2 is 1.89 bits per heavy atom. The van der Waals surface area contributed by atoms with Gasteiger partial charge in [-0.15, -0.1) is 0 Å². The van der Waals surface area contributed by atoms with Crippen LogP contribution in [0, 0.1) is 0 Å². The lowest BCUT2D eigenvalue weighted by Gasteiger charge is -2.20. The van der Waals surface area contributed by atoms with Crippen molar-refractivity contribution in [2.45, 2.75) is 56.8 Å². The largest absolute Gasteiger partial charge is 0.381 e. The fourth-order valence-electron chi connectivity index (χ4n) is 4.32. The van der Waals surface area contributed by atoms with Crippen LogP contribution in [0.3, 0.4) is 0 Å². The molecular formula is C20H29N5O2. The number of aromatic nitrogens is 4. The minimum absolute atomic E-state index is 0.0990. The van der Waals surface area contributed by atoms with Crippen LogP contribution >= 0.6 is 0 Å². The molecule has 1 saturated heterocycles. The number of hydrogen-bond acceptors (Lipinski definition) is 4. The molecule has 1 amide bonds. The molecule has 146 valence electrons. The number of rotatable bonds is 4. The Labute approximate surface area is 160 Å². The van der Waals surface area contributed by atoms with Crippen LogP contribution in [-0.2, 0) is 18.8 Å². The second kappa shape index (κ2) is 7.84. The molecule has 2 aromatic heterocycles. The van der Waals surface area contributed by atoms with Gasteiger partial charge >= 0.3 is 0 Å². The zero-order valence-corrected chi connectivity index (χ0v) is 16.3. The molecule has 0 spiro atoms. The van der Waals surface area contributed by atoms with Crippen molar-refractivity contribution in [3.05, 3.63) is 29.2 Å². The highest BCUT2D eigenvalue weighted by Gasteiger charge is 2.26. The van der Waals surface area contributed by atoms with Crippen molar-refractivity contribution < 1.29 is 9.53 Å². The highest BCUT2D eigenvalue weighted by molar-refractivity contribution is 6.04. The van der Waals surface area contributed by atoms with E-state index in [0.717, 1.165) is 49.5 Å². The number of carbonyl (C=O) groups excluding carboxylic acids is 1. The fraction of sp³-hybridized carbons (Fsp3) is 0.650. The minimum atomic E-state index is -0.0990. The summed E-state index contributed by atoms with van der Waals surface area (Å²) in [5, 5.41) is 12.3. The van der Waals surface area contributed by atoms with Crippen LogP contribution < -0.4 is 5.32 Å². The summed E-state index contributed by atoms with van der Waals surface area (Å²) in [4.78, 5) is 13.0. The van der Waals surface area contributed by atoms with Gasteiger partial charge in [-0.05, 0) is 25.7 Å². The Balaban J connectivity index is 1.52. The van der Waals surface area contributed by atoms with E-state index in [1.165, 1.54) is 19.3 Å². The van der Waals surface area contributed by atoms with E-state index in [1.54, 1.807) is 9.36 Å². The van der Waals surface area contributed by atoms with E-state index < -0.39 is 0 Å². The zero-order chi connectivity index (χ0) is 18.8. The Morgan fingerprint density at radius 1 is 1.11 bits per heavy atom. The second-order valence-corrected chi connectivity index (χ2v) is 7.88. The van der Waals surface area contributed by atoms with Gasteiger partial charge in [0.15, 0.2) is 0 Å². The van der Waals surface area contributed by atoms with Crippen LogP contribution in [-0.4, -0.2) is 38.7 Å². The van der Waals surface area contributed by atoms with Gasteiger partial charge in [0.2, 0.25) is 0 Å². The van der Waals surface area contributed by atoms with Crippen molar-refractivity contribution in [2.24, 2.45) is 14.1 Å². The van der Waals surface area contributed by atoms with Gasteiger partial charge in [-0.3, -0.25) is 14.2 Å². The summed E-state index contributed by atoms with van der Waals surface area (Å²) in [6.07, 6.45) is 9.94. The molecule has 7 nitrogen and oxygen atoms in total. The van der Waals surface area contributed by atoms with Crippen molar-refractivity contribution in [3.63, 3.8) is 0 Å². The molecule has 0 bridgehead atoms. The van der Waals surface area contributed by atoms with E-state index in [2.05, 4.69) is 15.5 Å². The van der Waals surface area contributed by atoms with Crippen molar-refractivity contribution in [2.75, 3.05) is 18.5 Å². The topological polar surface area (TPSA) is 74.0 Å². The number of hydrogen-bond donors (Lipinski definition) is 1. The van der Waals surface area contributed by atoms with E-state index in [4.69, 9.17) is 4.74 Å². The Bertz CT molecular complexity index is 797. The highest BCUT2D eigenvalue weighted by atomic mass is 16.5. The maximum Gasteiger partial charge on any atom is 0.260 e. The molecule has 1 N–H and O–H groups in total. The molecular weight excluding hydrogens is 342 g/mol. The first-order chi connectivity index (χ1) is 13.1. The predicted molar refractivity (Wildman–Crippen MR) is 103 cm³/mol. The van der Waals surface area contributed by atoms with Gasteiger partial charge in [-0.2, -0.15) is 10.2 Å². The lowest BCUT2D eigenvalue weighted by molar-refractivity contribution is 0.0791. The molecule has 1 aliphatic heterocycles. The summed E-state index contributed by atoms with van der Waals surface area (Å²) in [6.45, 7) is 1.54. The average Bonchev–Trinajstić information content (AvgIpc) is 3.26. The second-order valence-electron chi connectivity index (χ2n) is 7.88. The minimum Gasteiger partial charge on any atom is -0.381 e. The van der Waals surface area contributed by atoms with Gasteiger partial charge in [0.1, 0.15) is 5.82 Å². The predicted octanol–water partition coefficient (Wildman–Crippen LogP) is 3.35. The highest BCUT2D eigenvalue weighted by Crippen LogP contribution is 2.34. The quantitative estimate of drug-likeness (QED) is 0.894. The molecule has 0 radical (unpaired) electrons. The monoisotopic (exact) mass is 371 g/mol. The average molecular weight is 371 g/mol. The third kappa shape index (κ3) is 3.93. The number of nitrogens with one attached hydrogen (secondary N) is 1. The Morgan fingerprint density at radius 3 is 2.63 bits per heavy atom. The van der Waals surface area contributed by atoms with Gasteiger partial charge in [0.05, 0.1) is 23.6 Å². The Kier molecular flexibility index (Phi) is 5.29. The molecule has 1 aliphatic carbocycles. The van der Waals surface area contributed by atoms with Crippen molar-refractivity contribution in [3.8, 4) is 0 Å². The molecule has 2 aromatic rings. The number of ether oxygens (including phenoxy) is 1. The lowest BCUT2D eigenvalue weighted by Crippen LogP contribution is -2.17. The third-order valence-electron chi connectivity index (χ3n) is 5.81. The summed E-state index contributed by atoms with van der Waals surface area (Å²) in [6, 6.07) is 1.98. The first-order valence-electron chi connectivity index (χ1n) is 10.1. The summed E-state index contributed by atoms with van der Waals surface area (Å²) in [5.41, 5.74) is 2.62. The van der Waals surface area contributed by atoms with E-state index in [0.29, 0.717) is 24.0 Å². The van der Waals surface area contributed by atoms with Gasteiger partial charge in [-0.25, -0.2) is 0 Å². The van der Waals surface area contributed by atoms with E-state index >= 15 is 0 Å². The van der Waals surface area contributed by atoms with Crippen molar-refractivity contribution in [1.82, 2.24) is 19.6 Å². The third-order valence-corrected chi connectivity index (χ3v) is 5.81. The number of amides is 1.